The van der Waals surface area contributed by atoms with Crippen molar-refractivity contribution in [2.24, 2.45) is 0 Å². The van der Waals surface area contributed by atoms with Crippen LogP contribution in [0.3, 0.4) is 0 Å². The first-order valence-corrected chi connectivity index (χ1v) is 29.1. The van der Waals surface area contributed by atoms with Gasteiger partial charge >= 0.3 is 0 Å². The lowest BCUT2D eigenvalue weighted by atomic mass is 10.0. The largest absolute Gasteiger partial charge is 0.396 e. The molecular formula is C58H101NO3S. The molecule has 0 unspecified atom stereocenters. The molecule has 4 nitrogen and oxygen atoms in total. The molecule has 0 saturated heterocycles. The number of unbranched alkanes of at least 4 members (excludes halogenated alkanes) is 35. The van der Waals surface area contributed by atoms with E-state index >= 15 is 0 Å². The molecule has 5 heteroatoms. The second-order valence-electron chi connectivity index (χ2n) is 19.3. The fraction of sp³-hybridized carbons (Fsp3) is 0.759. The molecule has 0 aliphatic heterocycles. The van der Waals surface area contributed by atoms with Gasteiger partial charge in [0.1, 0.15) is 0 Å². The van der Waals surface area contributed by atoms with Crippen LogP contribution in [-0.2, 0) is 9.84 Å². The van der Waals surface area contributed by atoms with Gasteiger partial charge in [0.25, 0.3) is 0 Å². The number of sulfone groups is 1. The Labute approximate surface area is 392 Å². The summed E-state index contributed by atoms with van der Waals surface area (Å²) in [5.41, 5.74) is 3.54. The van der Waals surface area contributed by atoms with Crippen molar-refractivity contribution in [1.29, 1.82) is 0 Å². The van der Waals surface area contributed by atoms with Gasteiger partial charge in [-0.1, -0.05) is 269 Å². The second-order valence-corrected chi connectivity index (χ2v) is 21.4. The third kappa shape index (κ3) is 32.2. The highest BCUT2D eigenvalue weighted by molar-refractivity contribution is 7.91. The first kappa shape index (κ1) is 57.0. The van der Waals surface area contributed by atoms with Crippen LogP contribution in [0.25, 0.3) is 12.2 Å². The predicted octanol–water partition coefficient (Wildman–Crippen LogP) is 18.3. The normalized spacial score (nSPS) is 11.9. The van der Waals surface area contributed by atoms with E-state index in [4.69, 9.17) is 5.11 Å². The fourth-order valence-corrected chi connectivity index (χ4v) is 10.4. The Kier molecular flexibility index (Phi) is 37.4. The average molecular weight is 893 g/mol. The van der Waals surface area contributed by atoms with E-state index in [2.05, 4.69) is 55.2 Å². The van der Waals surface area contributed by atoms with Gasteiger partial charge in [-0.05, 0) is 61.1 Å². The summed E-state index contributed by atoms with van der Waals surface area (Å²) in [6.45, 7) is 7.20. The van der Waals surface area contributed by atoms with E-state index in [1.54, 1.807) is 12.1 Å². The van der Waals surface area contributed by atoms with Gasteiger partial charge in [-0.25, -0.2) is 8.42 Å². The minimum Gasteiger partial charge on any atom is -0.396 e. The van der Waals surface area contributed by atoms with Crippen LogP contribution >= 0.6 is 0 Å². The molecule has 2 aromatic rings. The first-order valence-electron chi connectivity index (χ1n) is 27.5. The quantitative estimate of drug-likeness (QED) is 0.0531. The van der Waals surface area contributed by atoms with E-state index in [0.717, 1.165) is 50.8 Å². The van der Waals surface area contributed by atoms with Crippen LogP contribution in [-0.4, -0.2) is 39.0 Å². The monoisotopic (exact) mass is 892 g/mol. The molecule has 0 atom stereocenters. The molecule has 0 saturated carbocycles. The minimum absolute atomic E-state index is 0.228. The number of benzene rings is 2. The number of hydrogen-bond donors (Lipinski definition) is 1. The molecule has 0 aliphatic rings. The number of anilines is 1. The summed E-state index contributed by atoms with van der Waals surface area (Å²) in [5, 5.41) is 8.89. The Hall–Kier alpha value is -2.11. The highest BCUT2D eigenvalue weighted by Gasteiger charge is 2.14. The highest BCUT2D eigenvalue weighted by Crippen LogP contribution is 2.22. The summed E-state index contributed by atoms with van der Waals surface area (Å²) in [6, 6.07) is 16.5. The smallest absolute Gasteiger partial charge is 0.178 e. The molecular weight excluding hydrogens is 791 g/mol. The summed E-state index contributed by atoms with van der Waals surface area (Å²) in [5.74, 6) is 0.228. The summed E-state index contributed by atoms with van der Waals surface area (Å²) >= 11 is 0. The predicted molar refractivity (Wildman–Crippen MR) is 280 cm³/mol. The van der Waals surface area contributed by atoms with Crippen LogP contribution in [0.2, 0.25) is 0 Å². The van der Waals surface area contributed by atoms with E-state index in [-0.39, 0.29) is 5.75 Å². The summed E-state index contributed by atoms with van der Waals surface area (Å²) in [6.07, 6.45) is 54.3. The molecule has 0 fully saturated rings. The van der Waals surface area contributed by atoms with Crippen molar-refractivity contribution in [3.05, 3.63) is 59.7 Å². The second kappa shape index (κ2) is 41.3. The minimum atomic E-state index is -3.26. The summed E-state index contributed by atoms with van der Waals surface area (Å²) in [4.78, 5) is 3.09. The van der Waals surface area contributed by atoms with Crippen LogP contribution in [0.1, 0.15) is 269 Å². The van der Waals surface area contributed by atoms with E-state index < -0.39 is 9.84 Å². The SMILES string of the molecule is CCCCCCCCCCCCCCCCN(CCCCCCCCCCCCCCCC)c1ccc(C=Cc2ccc(S(=O)(=O)CCCCCCCCCCCCO)cc2)cc1. The van der Waals surface area contributed by atoms with Crippen molar-refractivity contribution < 1.29 is 13.5 Å². The molecule has 362 valence electrons. The number of aliphatic hydroxyl groups excluding tert-OH is 1. The number of nitrogens with zero attached hydrogens (tertiary/aromatic N) is 1. The van der Waals surface area contributed by atoms with Crippen molar-refractivity contribution in [2.45, 2.75) is 263 Å². The number of aliphatic hydroxyl groups is 1. The van der Waals surface area contributed by atoms with Crippen molar-refractivity contribution in [3.63, 3.8) is 0 Å². The Morgan fingerprint density at radius 3 is 1.00 bits per heavy atom. The van der Waals surface area contributed by atoms with Gasteiger partial charge in [-0.15, -0.1) is 0 Å². The van der Waals surface area contributed by atoms with Crippen molar-refractivity contribution >= 4 is 27.7 Å². The van der Waals surface area contributed by atoms with Crippen molar-refractivity contribution in [2.75, 3.05) is 30.3 Å². The molecule has 2 aromatic carbocycles. The number of rotatable bonds is 46. The third-order valence-corrected chi connectivity index (χ3v) is 15.2. The van der Waals surface area contributed by atoms with Crippen LogP contribution in [0, 0.1) is 0 Å². The maximum atomic E-state index is 13.0. The van der Waals surface area contributed by atoms with E-state index in [9.17, 15) is 8.42 Å². The van der Waals surface area contributed by atoms with Gasteiger partial charge in [-0.2, -0.15) is 0 Å². The molecule has 0 bridgehead atoms. The van der Waals surface area contributed by atoms with Crippen molar-refractivity contribution in [1.82, 2.24) is 0 Å². The molecule has 2 rings (SSSR count). The topological polar surface area (TPSA) is 57.6 Å². The Balaban J connectivity index is 1.76. The van der Waals surface area contributed by atoms with Gasteiger partial charge in [0.05, 0.1) is 10.6 Å². The third-order valence-electron chi connectivity index (χ3n) is 13.4. The molecule has 63 heavy (non-hydrogen) atoms. The molecule has 0 aliphatic carbocycles. The fourth-order valence-electron chi connectivity index (χ4n) is 9.08. The maximum absolute atomic E-state index is 13.0. The molecule has 0 amide bonds. The Morgan fingerprint density at radius 1 is 0.381 bits per heavy atom. The number of hydrogen-bond acceptors (Lipinski definition) is 4. The Bertz CT molecular complexity index is 1370. The summed E-state index contributed by atoms with van der Waals surface area (Å²) < 4.78 is 26.0. The lowest BCUT2D eigenvalue weighted by molar-refractivity contribution is 0.282. The molecule has 0 radical (unpaired) electrons. The van der Waals surface area contributed by atoms with Gasteiger partial charge in [0.15, 0.2) is 9.84 Å². The van der Waals surface area contributed by atoms with E-state index in [1.165, 1.54) is 223 Å². The lowest BCUT2D eigenvalue weighted by Gasteiger charge is -2.25. The molecule has 1 N–H and O–H groups in total. The zero-order chi connectivity index (χ0) is 45.2. The highest BCUT2D eigenvalue weighted by atomic mass is 32.2. The van der Waals surface area contributed by atoms with Crippen LogP contribution in [0.5, 0.6) is 0 Å². The average Bonchev–Trinajstić information content (AvgIpc) is 3.30. The van der Waals surface area contributed by atoms with Gasteiger partial charge in [-0.3, -0.25) is 0 Å². The summed E-state index contributed by atoms with van der Waals surface area (Å²) in [7, 11) is -3.26. The molecule has 0 heterocycles. The van der Waals surface area contributed by atoms with Crippen LogP contribution in [0.4, 0.5) is 5.69 Å². The van der Waals surface area contributed by atoms with E-state index in [0.29, 0.717) is 11.5 Å². The van der Waals surface area contributed by atoms with Crippen LogP contribution < -0.4 is 4.90 Å². The van der Waals surface area contributed by atoms with Gasteiger partial charge < -0.3 is 10.0 Å². The standard InChI is InChI=1S/C58H101NO3S/c1-3-5-7-9-11-13-15-17-19-21-25-29-33-37-51-59(52-38-34-30-26-22-20-18-16-14-12-10-8-6-4-2)57-47-43-55(44-48-57)41-42-56-45-49-58(50-46-56)63(61,62)54-40-36-32-28-24-23-27-31-35-39-53-60/h41-50,60H,3-40,51-54H2,1-2H3. The zero-order valence-corrected chi connectivity index (χ0v) is 42.4. The molecule has 0 aromatic heterocycles. The lowest BCUT2D eigenvalue weighted by Crippen LogP contribution is -2.25. The Morgan fingerprint density at radius 2 is 0.667 bits per heavy atom. The first-order chi connectivity index (χ1) is 31.0. The maximum Gasteiger partial charge on any atom is 0.178 e. The molecule has 0 spiro atoms. The van der Waals surface area contributed by atoms with Gasteiger partial charge in [0, 0.05) is 25.4 Å². The van der Waals surface area contributed by atoms with E-state index in [1.807, 2.05) is 12.1 Å². The zero-order valence-electron chi connectivity index (χ0n) is 41.6. The van der Waals surface area contributed by atoms with Crippen molar-refractivity contribution in [3.8, 4) is 0 Å². The van der Waals surface area contributed by atoms with Gasteiger partial charge in [0.2, 0.25) is 0 Å². The van der Waals surface area contributed by atoms with Crippen LogP contribution in [0.15, 0.2) is 53.4 Å².